The second-order valence-corrected chi connectivity index (χ2v) is 26.4. The Balaban J connectivity index is 0.00000847. The Morgan fingerprint density at radius 3 is 0.695 bits per heavy atom. The van der Waals surface area contributed by atoms with Gasteiger partial charge in [-0.2, -0.15) is 0 Å². The number of rotatable bonds is 24. The summed E-state index contributed by atoms with van der Waals surface area (Å²) in [6.45, 7) is 1.80. The summed E-state index contributed by atoms with van der Waals surface area (Å²) in [4.78, 5) is 43.0. The number of fused-ring (bicyclic) bond motifs is 20. The molecule has 0 amide bonds. The maximum absolute atomic E-state index is 6.75. The van der Waals surface area contributed by atoms with Crippen LogP contribution in [0.4, 0.5) is 0 Å². The van der Waals surface area contributed by atoms with Crippen molar-refractivity contribution < 1.29 is 35.7 Å². The van der Waals surface area contributed by atoms with Crippen LogP contribution in [0.5, 0.6) is 23.0 Å². The summed E-state index contributed by atoms with van der Waals surface area (Å²) in [5.74, 6) is 4.82. The summed E-state index contributed by atoms with van der Waals surface area (Å²) in [6.07, 6.45) is 2.98. The molecule has 105 heavy (non-hydrogen) atoms. The fourth-order valence-electron chi connectivity index (χ4n) is 14.7. The van der Waals surface area contributed by atoms with E-state index in [0.29, 0.717) is 95.3 Å². The van der Waals surface area contributed by atoms with E-state index in [2.05, 4.69) is 243 Å². The van der Waals surface area contributed by atoms with Crippen LogP contribution in [-0.2, 0) is 16.8 Å². The van der Waals surface area contributed by atoms with Crippen molar-refractivity contribution in [1.29, 1.82) is 0 Å². The van der Waals surface area contributed by atoms with Gasteiger partial charge >= 0.3 is 16.8 Å². The van der Waals surface area contributed by atoms with Gasteiger partial charge in [0.25, 0.3) is 0 Å². The van der Waals surface area contributed by atoms with E-state index in [-0.39, 0.29) is 40.5 Å². The third-order valence-corrected chi connectivity index (χ3v) is 19.9. The number of hydrogen-bond donors (Lipinski definition) is 0. The molecule has 0 atom stereocenters. The maximum atomic E-state index is 6.75. The van der Waals surface area contributed by atoms with E-state index in [1.807, 2.05) is 72.8 Å². The molecule has 0 saturated carbocycles. The van der Waals surface area contributed by atoms with Crippen LogP contribution in [0.3, 0.4) is 0 Å². The molecule has 0 N–H and O–H groups in total. The molecule has 0 unspecified atom stereocenters. The van der Waals surface area contributed by atoms with Gasteiger partial charge in [-0.1, -0.05) is 243 Å². The average Bonchev–Trinajstić information content (AvgIpc) is 1.60. The van der Waals surface area contributed by atoms with E-state index in [1.54, 1.807) is 0 Å². The quantitative estimate of drug-likeness (QED) is 0.0568. The molecule has 12 aromatic carbocycles. The SMILES string of the molecule is [Co+2].c1ccc(C(CCOc2ccc3c(c2)-c2nc-3nc3[n-]c(nc4nc(nc5[n-]c(n2)c2ccc(OCCC(c6ccccc6)c6ccccc6)cc52)-c2ccc(OCCC(c5ccccc5)c5ccccc5)cc2-4)c2ccc(OCCC(c4ccccc4)c4ccccc4)cc32)c2ccccc2)cc1. The van der Waals surface area contributed by atoms with Gasteiger partial charge in [0.1, 0.15) is 23.0 Å². The van der Waals surface area contributed by atoms with Gasteiger partial charge in [0.15, 0.2) is 0 Å². The number of aromatic nitrogens is 8. The average molecular weight is 1410 g/mol. The van der Waals surface area contributed by atoms with E-state index in [1.165, 1.54) is 44.5 Å². The van der Waals surface area contributed by atoms with E-state index < -0.39 is 0 Å². The summed E-state index contributed by atoms with van der Waals surface area (Å²) in [6, 6.07) is 109. The van der Waals surface area contributed by atoms with Gasteiger partial charge < -0.3 is 48.9 Å². The Morgan fingerprint density at radius 1 is 0.219 bits per heavy atom. The summed E-state index contributed by atoms with van der Waals surface area (Å²) in [5.41, 5.74) is 14.4. The molecule has 0 aliphatic carbocycles. The minimum atomic E-state index is 0. The zero-order valence-electron chi connectivity index (χ0n) is 57.5. The largest absolute Gasteiger partial charge is 2.00 e. The topological polar surface area (TPSA) is 142 Å². The molecule has 2 aliphatic heterocycles. The predicted molar refractivity (Wildman–Crippen MR) is 413 cm³/mol. The van der Waals surface area contributed by atoms with Crippen molar-refractivity contribution >= 4 is 44.1 Å². The number of ether oxygens (including phenoxy) is 4. The molecule has 0 fully saturated rings. The second-order valence-electron chi connectivity index (χ2n) is 26.4. The maximum Gasteiger partial charge on any atom is 2.00 e. The van der Waals surface area contributed by atoms with Crippen LogP contribution in [0.15, 0.2) is 315 Å². The smallest absolute Gasteiger partial charge is 0.494 e. The zero-order chi connectivity index (χ0) is 69.4. The van der Waals surface area contributed by atoms with Gasteiger partial charge in [0.2, 0.25) is 0 Å². The fourth-order valence-corrected chi connectivity index (χ4v) is 14.7. The summed E-state index contributed by atoms with van der Waals surface area (Å²) >= 11 is 0. The summed E-state index contributed by atoms with van der Waals surface area (Å²) in [5, 5.41) is 2.96. The molecular weight excluding hydrogens is 1340 g/mol. The number of hydrogen-bond acceptors (Lipinski definition) is 10. The van der Waals surface area contributed by atoms with Crippen molar-refractivity contribution in [3.8, 4) is 68.5 Å². The van der Waals surface area contributed by atoms with E-state index >= 15 is 0 Å². The third-order valence-electron chi connectivity index (χ3n) is 19.9. The van der Waals surface area contributed by atoms with Gasteiger partial charge in [-0.25, -0.2) is 9.97 Å². The molecule has 5 heterocycles. The number of benzene rings is 12. The molecule has 0 spiro atoms. The molecule has 13 heteroatoms. The van der Waals surface area contributed by atoms with Crippen molar-refractivity contribution in [3.63, 3.8) is 0 Å². The molecule has 8 bridgehead atoms. The van der Waals surface area contributed by atoms with Crippen molar-refractivity contribution in [2.45, 2.75) is 49.4 Å². The number of nitrogens with zero attached hydrogens (tertiary/aromatic N) is 8. The molecule has 513 valence electrons. The van der Waals surface area contributed by atoms with Crippen LogP contribution >= 0.6 is 0 Å². The molecule has 15 aromatic rings. The van der Waals surface area contributed by atoms with Gasteiger partial charge in [0.05, 0.1) is 49.7 Å². The van der Waals surface area contributed by atoms with Crippen molar-refractivity contribution in [1.82, 2.24) is 39.9 Å². The first kappa shape index (κ1) is 67.2. The summed E-state index contributed by atoms with van der Waals surface area (Å²) in [7, 11) is 0. The summed E-state index contributed by atoms with van der Waals surface area (Å²) < 4.78 is 27.0. The van der Waals surface area contributed by atoms with Crippen LogP contribution in [0, 0.1) is 0 Å². The van der Waals surface area contributed by atoms with Gasteiger partial charge in [-0.05, 0) is 165 Å². The molecule has 3 aromatic heterocycles. The van der Waals surface area contributed by atoms with Crippen LogP contribution in [0.2, 0.25) is 0 Å². The van der Waals surface area contributed by atoms with E-state index in [4.69, 9.17) is 58.8 Å². The van der Waals surface area contributed by atoms with Gasteiger partial charge in [-0.3, -0.25) is 0 Å². The van der Waals surface area contributed by atoms with Crippen LogP contribution in [0.1, 0.15) is 93.9 Å². The van der Waals surface area contributed by atoms with E-state index in [0.717, 1.165) is 69.5 Å². The molecular formula is C92H72CoN8O4. The van der Waals surface area contributed by atoms with E-state index in [9.17, 15) is 0 Å². The molecule has 2 aliphatic rings. The van der Waals surface area contributed by atoms with Gasteiger partial charge in [0, 0.05) is 68.5 Å². The Kier molecular flexibility index (Phi) is 19.9. The minimum Gasteiger partial charge on any atom is -0.494 e. The minimum absolute atomic E-state index is 0. The van der Waals surface area contributed by atoms with Crippen molar-refractivity contribution in [3.05, 3.63) is 360 Å². The first-order chi connectivity index (χ1) is 51.5. The molecule has 17 rings (SSSR count). The van der Waals surface area contributed by atoms with Gasteiger partial charge in [-0.15, -0.1) is 0 Å². The Labute approximate surface area is 620 Å². The second kappa shape index (κ2) is 31.1. The normalized spacial score (nSPS) is 11.6. The Bertz CT molecular complexity index is 5150. The standard InChI is InChI=1S/C92H72N8O4.Co/c1-9-25-61(26-10-1)73(62-27-11-2-12-28-62)49-53-101-69-41-45-77-81(57-69)89-93-85(77)98-90-83-59-71(103-55-51-75(65-33-17-5-18-34-65)66-35-19-6-20-36-66)43-47-79(83)87(95-90)100-92-84-60-72(104-56-52-76(67-37-21-7-22-38-67)68-39-23-8-24-40-68)44-48-80(84)88(96-92)99-91-82-58-70(42-46-78(82)86(94-91)97-89)102-54-50-74(63-29-13-3-14-30-63)64-31-15-4-16-32-64;/h1-48,57-60,73-76H,49-56H2;/q-2;+2. The van der Waals surface area contributed by atoms with Crippen LogP contribution in [-0.4, -0.2) is 56.3 Å². The fraction of sp³-hybridized carbons (Fsp3) is 0.130. The van der Waals surface area contributed by atoms with Crippen LogP contribution < -0.4 is 28.9 Å². The van der Waals surface area contributed by atoms with Crippen molar-refractivity contribution in [2.24, 2.45) is 0 Å². The van der Waals surface area contributed by atoms with Crippen molar-refractivity contribution in [2.75, 3.05) is 26.4 Å². The third kappa shape index (κ3) is 14.7. The Hall–Kier alpha value is -12.3. The Morgan fingerprint density at radius 2 is 0.438 bits per heavy atom. The zero-order valence-corrected chi connectivity index (χ0v) is 58.6. The monoisotopic (exact) mass is 1410 g/mol. The molecule has 1 radical (unpaired) electrons. The molecule has 0 saturated heterocycles. The predicted octanol–water partition coefficient (Wildman–Crippen LogP) is 20.5. The molecule has 12 nitrogen and oxygen atoms in total. The van der Waals surface area contributed by atoms with Crippen LogP contribution in [0.25, 0.3) is 89.7 Å². The first-order valence-corrected chi connectivity index (χ1v) is 35.7. The first-order valence-electron chi connectivity index (χ1n) is 35.7.